The van der Waals surface area contributed by atoms with Crippen LogP contribution in [-0.2, 0) is 4.79 Å². The van der Waals surface area contributed by atoms with Gasteiger partial charge in [0.05, 0.1) is 3.92 Å². The van der Waals surface area contributed by atoms with Crippen molar-refractivity contribution < 1.29 is 9.53 Å². The first kappa shape index (κ1) is 15.7. The largest absolute Gasteiger partial charge is 0.483 e. The topological polar surface area (TPSA) is 29.5 Å². The number of hydrogen-bond donors (Lipinski definition) is 0. The fraction of sp³-hybridized carbons (Fsp3) is 0.400. The monoisotopic (exact) mass is 403 g/mol. The number of ether oxygens (including phenoxy) is 1. The molecule has 2 rings (SSSR count). The molecule has 1 aromatic carbocycles. The third kappa shape index (κ3) is 3.49. The van der Waals surface area contributed by atoms with Crippen molar-refractivity contribution in [2.24, 2.45) is 0 Å². The molecule has 0 spiro atoms. The Labute approximate surface area is 137 Å². The van der Waals surface area contributed by atoms with Crippen molar-refractivity contribution in [3.63, 3.8) is 0 Å². The second-order valence-corrected chi connectivity index (χ2v) is 6.77. The maximum absolute atomic E-state index is 12.2. The summed E-state index contributed by atoms with van der Waals surface area (Å²) in [6.45, 7) is 2.71. The zero-order valence-electron chi connectivity index (χ0n) is 11.6. The van der Waals surface area contributed by atoms with Crippen LogP contribution in [0.3, 0.4) is 0 Å². The van der Waals surface area contributed by atoms with Crippen molar-refractivity contribution in [1.29, 1.82) is 0 Å². The van der Waals surface area contributed by atoms with Gasteiger partial charge < -0.3 is 9.64 Å². The third-order valence-electron chi connectivity index (χ3n) is 3.15. The second kappa shape index (κ2) is 7.36. The fourth-order valence-corrected chi connectivity index (χ4v) is 3.01. The Morgan fingerprint density at radius 1 is 1.40 bits per heavy atom. The molecular formula is C15H18INO2S. The lowest BCUT2D eigenvalue weighted by atomic mass is 10.0. The van der Waals surface area contributed by atoms with Gasteiger partial charge >= 0.3 is 0 Å². The van der Waals surface area contributed by atoms with E-state index in [0.717, 1.165) is 23.4 Å². The van der Waals surface area contributed by atoms with Gasteiger partial charge in [0.1, 0.15) is 11.7 Å². The van der Waals surface area contributed by atoms with E-state index in [9.17, 15) is 4.79 Å². The predicted octanol–water partition coefficient (Wildman–Crippen LogP) is 3.78. The molecule has 0 aromatic heterocycles. The van der Waals surface area contributed by atoms with Crippen molar-refractivity contribution in [3.05, 3.63) is 35.9 Å². The lowest BCUT2D eigenvalue weighted by molar-refractivity contribution is -0.127. The first-order valence-electron chi connectivity index (χ1n) is 6.55. The number of hydrogen-bond acceptors (Lipinski definition) is 3. The van der Waals surface area contributed by atoms with Crippen molar-refractivity contribution in [3.8, 4) is 5.75 Å². The Morgan fingerprint density at radius 3 is 2.70 bits per heavy atom. The summed E-state index contributed by atoms with van der Waals surface area (Å²) in [6, 6.07) is 7.96. The summed E-state index contributed by atoms with van der Waals surface area (Å²) < 4.78 is 5.61. The molecule has 3 nitrogen and oxygen atoms in total. The second-order valence-electron chi connectivity index (χ2n) is 4.45. The van der Waals surface area contributed by atoms with Crippen LogP contribution in [0, 0.1) is 0 Å². The van der Waals surface area contributed by atoms with Crippen molar-refractivity contribution in [2.75, 3.05) is 18.7 Å². The van der Waals surface area contributed by atoms with Gasteiger partial charge in [0.25, 0.3) is 0 Å². The highest BCUT2D eigenvalue weighted by Gasteiger charge is 2.27. The first-order valence-corrected chi connectivity index (χ1v) is 9.19. The van der Waals surface area contributed by atoms with E-state index in [1.165, 1.54) is 0 Å². The number of alkyl halides is 1. The van der Waals surface area contributed by atoms with Gasteiger partial charge in [0.15, 0.2) is 0 Å². The van der Waals surface area contributed by atoms with Gasteiger partial charge in [-0.1, -0.05) is 28.7 Å². The molecule has 5 heteroatoms. The number of carbonyl (C=O) groups is 1. The minimum Gasteiger partial charge on any atom is -0.483 e. The summed E-state index contributed by atoms with van der Waals surface area (Å²) in [4.78, 5) is 14.1. The van der Waals surface area contributed by atoms with E-state index >= 15 is 0 Å². The molecule has 1 aliphatic heterocycles. The number of allylic oxidation sites excluding steroid dienone is 1. The number of carbonyl (C=O) groups excluding carboxylic acids is 1. The van der Waals surface area contributed by atoms with Crippen LogP contribution in [0.5, 0.6) is 5.75 Å². The molecule has 0 bridgehead atoms. The zero-order valence-corrected chi connectivity index (χ0v) is 14.6. The Morgan fingerprint density at radius 2 is 2.10 bits per heavy atom. The number of benzene rings is 1. The highest BCUT2D eigenvalue weighted by atomic mass is 127. The van der Waals surface area contributed by atoms with Gasteiger partial charge in [-0.05, 0) is 49.4 Å². The molecule has 1 aliphatic rings. The van der Waals surface area contributed by atoms with E-state index < -0.39 is 0 Å². The van der Waals surface area contributed by atoms with Gasteiger partial charge in [-0.15, -0.1) is 11.8 Å². The molecule has 20 heavy (non-hydrogen) atoms. The van der Waals surface area contributed by atoms with E-state index in [1.54, 1.807) is 11.8 Å². The van der Waals surface area contributed by atoms with Crippen LogP contribution in [-0.4, -0.2) is 33.5 Å². The minimum atomic E-state index is 0.0560. The molecule has 1 atom stereocenters. The molecule has 1 heterocycles. The van der Waals surface area contributed by atoms with Gasteiger partial charge in [-0.25, -0.2) is 0 Å². The lowest BCUT2D eigenvalue weighted by Gasteiger charge is -2.30. The van der Waals surface area contributed by atoms with Crippen LogP contribution in [0.4, 0.5) is 0 Å². The normalized spacial score (nSPS) is 18.9. The molecule has 0 saturated heterocycles. The summed E-state index contributed by atoms with van der Waals surface area (Å²) in [6.07, 6.45) is 4.96. The number of nitrogens with zero attached hydrogens (tertiary/aromatic N) is 1. The quantitative estimate of drug-likeness (QED) is 0.426. The molecule has 1 amide bonds. The summed E-state index contributed by atoms with van der Waals surface area (Å²) in [5.41, 5.74) is 2.09. The number of halogens is 1. The molecule has 108 valence electrons. The zero-order chi connectivity index (χ0) is 14.5. The number of rotatable bonds is 5. The van der Waals surface area contributed by atoms with Crippen LogP contribution in [0.1, 0.15) is 18.9 Å². The van der Waals surface area contributed by atoms with Gasteiger partial charge in [0, 0.05) is 12.2 Å². The standard InChI is InChI=1S/C15H18INO2S/c1-3-17-14(9-8-13(16)15(17)18)11-4-6-12(7-5-11)19-10-20-2/h4-7,9,13H,3,8,10H2,1-2H3. The van der Waals surface area contributed by atoms with E-state index in [4.69, 9.17) is 4.74 Å². The number of amides is 1. The van der Waals surface area contributed by atoms with Gasteiger partial charge in [-0.3, -0.25) is 4.79 Å². The summed E-state index contributed by atoms with van der Waals surface area (Å²) in [5.74, 6) is 1.71. The van der Waals surface area contributed by atoms with Crippen LogP contribution < -0.4 is 4.74 Å². The van der Waals surface area contributed by atoms with Gasteiger partial charge in [0.2, 0.25) is 5.91 Å². The average molecular weight is 403 g/mol. The van der Waals surface area contributed by atoms with Crippen molar-refractivity contribution in [1.82, 2.24) is 4.90 Å². The van der Waals surface area contributed by atoms with Crippen LogP contribution in [0.25, 0.3) is 5.70 Å². The van der Waals surface area contributed by atoms with Crippen LogP contribution >= 0.6 is 34.4 Å². The highest BCUT2D eigenvalue weighted by molar-refractivity contribution is 14.1. The molecule has 0 aliphatic carbocycles. The van der Waals surface area contributed by atoms with Crippen LogP contribution in [0.2, 0.25) is 0 Å². The minimum absolute atomic E-state index is 0.0560. The van der Waals surface area contributed by atoms with E-state index in [-0.39, 0.29) is 9.83 Å². The molecular weight excluding hydrogens is 385 g/mol. The lowest BCUT2D eigenvalue weighted by Crippen LogP contribution is -2.37. The fourth-order valence-electron chi connectivity index (χ4n) is 2.16. The average Bonchev–Trinajstić information content (AvgIpc) is 2.48. The molecule has 0 fully saturated rings. The van der Waals surface area contributed by atoms with E-state index in [1.807, 2.05) is 42.3 Å². The Bertz CT molecular complexity index is 501. The van der Waals surface area contributed by atoms with E-state index in [2.05, 4.69) is 28.7 Å². The Hall–Kier alpha value is -0.690. The van der Waals surface area contributed by atoms with Crippen molar-refractivity contribution >= 4 is 46.0 Å². The smallest absolute Gasteiger partial charge is 0.240 e. The molecule has 0 saturated carbocycles. The summed E-state index contributed by atoms with van der Waals surface area (Å²) >= 11 is 3.86. The summed E-state index contributed by atoms with van der Waals surface area (Å²) in [7, 11) is 0. The molecule has 0 radical (unpaired) electrons. The highest BCUT2D eigenvalue weighted by Crippen LogP contribution is 2.29. The Kier molecular flexibility index (Phi) is 5.77. The maximum atomic E-state index is 12.2. The SMILES string of the molecule is CCN1C(=O)C(I)CC=C1c1ccc(OCSC)cc1. The number of thioether (sulfide) groups is 1. The van der Waals surface area contributed by atoms with Gasteiger partial charge in [-0.2, -0.15) is 0 Å². The molecule has 1 aromatic rings. The third-order valence-corrected chi connectivity index (χ3v) is 4.55. The maximum Gasteiger partial charge on any atom is 0.240 e. The molecule has 1 unspecified atom stereocenters. The predicted molar refractivity (Wildman–Crippen MR) is 93.2 cm³/mol. The first-order chi connectivity index (χ1) is 9.67. The van der Waals surface area contributed by atoms with E-state index in [0.29, 0.717) is 12.5 Å². The molecule has 0 N–H and O–H groups in total. The summed E-state index contributed by atoms with van der Waals surface area (Å²) in [5, 5.41) is 0. The Balaban J connectivity index is 2.19. The van der Waals surface area contributed by atoms with Crippen LogP contribution in [0.15, 0.2) is 30.3 Å². The van der Waals surface area contributed by atoms with Crippen molar-refractivity contribution in [2.45, 2.75) is 17.3 Å².